The van der Waals surface area contributed by atoms with Gasteiger partial charge in [-0.15, -0.1) is 0 Å². The molecule has 1 aliphatic carbocycles. The minimum atomic E-state index is -3.63. The van der Waals surface area contributed by atoms with E-state index in [0.29, 0.717) is 12.8 Å². The molecule has 0 bridgehead atoms. The van der Waals surface area contributed by atoms with E-state index in [-0.39, 0.29) is 5.66 Å². The van der Waals surface area contributed by atoms with Crippen molar-refractivity contribution < 1.29 is 14.4 Å². The third-order valence-electron chi connectivity index (χ3n) is 1.82. The van der Waals surface area contributed by atoms with Gasteiger partial charge in [0.2, 0.25) is 0 Å². The van der Waals surface area contributed by atoms with Crippen molar-refractivity contribution in [1.82, 2.24) is 0 Å². The van der Waals surface area contributed by atoms with Gasteiger partial charge in [-0.25, -0.2) is 0 Å². The summed E-state index contributed by atoms with van der Waals surface area (Å²) in [5, 5.41) is 0. The summed E-state index contributed by atoms with van der Waals surface area (Å²) in [5.41, 5.74) is 5.89. The molecular formula is C11H20NO3P. The first-order valence-electron chi connectivity index (χ1n) is 5.36. The predicted octanol–water partition coefficient (Wildman–Crippen LogP) is 2.62. The Hall–Kier alpha value is -0.830. The molecule has 1 aromatic rings. The minimum Gasteiger partial charge on any atom is -0.399 e. The van der Waals surface area contributed by atoms with Gasteiger partial charge >= 0.3 is 7.60 Å². The molecule has 0 heterocycles. The van der Waals surface area contributed by atoms with Crippen LogP contribution in [0.4, 0.5) is 5.69 Å². The second-order valence-electron chi connectivity index (χ2n) is 3.23. The maximum Gasteiger partial charge on any atom is 0.328 e. The molecule has 0 aliphatic heterocycles. The molecule has 0 atom stereocenters. The van der Waals surface area contributed by atoms with Gasteiger partial charge in [-0.3, -0.25) is 4.57 Å². The summed E-state index contributed by atoms with van der Waals surface area (Å²) >= 11 is 0. The highest BCUT2D eigenvalue weighted by atomic mass is 31.2. The zero-order chi connectivity index (χ0) is 12.6. The molecule has 0 radical (unpaired) electrons. The zero-order valence-corrected chi connectivity index (χ0v) is 10.6. The molecule has 0 saturated heterocycles. The average Bonchev–Trinajstić information content (AvgIpc) is 3.05. The second-order valence-corrected chi connectivity index (χ2v) is 5.14. The SMILES string of the molecule is CC.Nc1ccccc1.O=P(O)(O)C1CC1. The molecule has 1 aliphatic rings. The van der Waals surface area contributed by atoms with Crippen LogP contribution in [-0.2, 0) is 4.57 Å². The highest BCUT2D eigenvalue weighted by molar-refractivity contribution is 7.52. The van der Waals surface area contributed by atoms with Gasteiger partial charge in [0.25, 0.3) is 0 Å². The fourth-order valence-electron chi connectivity index (χ4n) is 0.864. The van der Waals surface area contributed by atoms with Crippen LogP contribution >= 0.6 is 7.60 Å². The molecule has 1 fully saturated rings. The van der Waals surface area contributed by atoms with Crippen LogP contribution in [0.3, 0.4) is 0 Å². The summed E-state index contributed by atoms with van der Waals surface area (Å²) in [7, 11) is -3.63. The molecule has 5 heteroatoms. The maximum atomic E-state index is 10.1. The summed E-state index contributed by atoms with van der Waals surface area (Å²) in [6, 6.07) is 9.49. The maximum absolute atomic E-state index is 10.1. The van der Waals surface area contributed by atoms with Crippen molar-refractivity contribution in [2.24, 2.45) is 0 Å². The summed E-state index contributed by atoms with van der Waals surface area (Å²) in [5.74, 6) is 0. The number of rotatable bonds is 1. The Bertz CT molecular complexity index is 319. The summed E-state index contributed by atoms with van der Waals surface area (Å²) < 4.78 is 10.1. The van der Waals surface area contributed by atoms with Crippen LogP contribution in [0.1, 0.15) is 26.7 Å². The Balaban J connectivity index is 0.000000244. The molecule has 4 N–H and O–H groups in total. The van der Waals surface area contributed by atoms with Gasteiger partial charge in [-0.1, -0.05) is 32.0 Å². The van der Waals surface area contributed by atoms with Gasteiger partial charge in [0.05, 0.1) is 5.66 Å². The molecular weight excluding hydrogens is 225 g/mol. The van der Waals surface area contributed by atoms with E-state index in [4.69, 9.17) is 15.5 Å². The van der Waals surface area contributed by atoms with Crippen LogP contribution in [0.2, 0.25) is 0 Å². The Morgan fingerprint density at radius 1 is 1.19 bits per heavy atom. The van der Waals surface area contributed by atoms with E-state index >= 15 is 0 Å². The normalized spacial score (nSPS) is 14.0. The molecule has 1 saturated carbocycles. The van der Waals surface area contributed by atoms with Crippen molar-refractivity contribution in [3.05, 3.63) is 30.3 Å². The average molecular weight is 245 g/mol. The van der Waals surface area contributed by atoms with Crippen LogP contribution in [0.15, 0.2) is 30.3 Å². The van der Waals surface area contributed by atoms with E-state index in [1.165, 1.54) is 0 Å². The Morgan fingerprint density at radius 2 is 1.62 bits per heavy atom. The first kappa shape index (κ1) is 15.2. The fourth-order valence-corrected chi connectivity index (χ4v) is 1.69. The number of nitrogen functional groups attached to an aromatic ring is 1. The zero-order valence-electron chi connectivity index (χ0n) is 9.71. The lowest BCUT2D eigenvalue weighted by Crippen LogP contribution is -1.81. The van der Waals surface area contributed by atoms with Crippen LogP contribution in [0.25, 0.3) is 0 Å². The predicted molar refractivity (Wildman–Crippen MR) is 67.3 cm³/mol. The number of para-hydroxylation sites is 1. The third-order valence-corrected chi connectivity index (χ3v) is 3.29. The Labute approximate surface area is 96.7 Å². The molecule has 92 valence electrons. The fraction of sp³-hybridized carbons (Fsp3) is 0.455. The highest BCUT2D eigenvalue weighted by Crippen LogP contribution is 2.53. The van der Waals surface area contributed by atoms with Gasteiger partial charge in [0.1, 0.15) is 0 Å². The Kier molecular flexibility index (Phi) is 7.06. The standard InChI is InChI=1S/C6H7N.C3H7O3P.C2H6/c7-6-4-2-1-3-5-6;4-7(5,6)3-1-2-3;1-2/h1-5H,7H2;3H,1-2H2,(H2,4,5,6);1-2H3. The number of benzene rings is 1. The van der Waals surface area contributed by atoms with Gasteiger partial charge in [0.15, 0.2) is 0 Å². The summed E-state index contributed by atoms with van der Waals surface area (Å²) in [6.45, 7) is 4.00. The molecule has 0 unspecified atom stereocenters. The smallest absolute Gasteiger partial charge is 0.328 e. The van der Waals surface area contributed by atoms with Gasteiger partial charge in [0, 0.05) is 5.69 Å². The van der Waals surface area contributed by atoms with Crippen molar-refractivity contribution >= 4 is 13.3 Å². The van der Waals surface area contributed by atoms with Crippen LogP contribution in [0, 0.1) is 0 Å². The molecule has 0 aromatic heterocycles. The van der Waals surface area contributed by atoms with Crippen molar-refractivity contribution in [3.63, 3.8) is 0 Å². The van der Waals surface area contributed by atoms with Gasteiger partial charge < -0.3 is 15.5 Å². The number of hydrogen-bond donors (Lipinski definition) is 3. The first-order chi connectivity index (χ1) is 7.50. The number of nitrogens with two attached hydrogens (primary N) is 1. The van der Waals surface area contributed by atoms with Gasteiger partial charge in [-0.2, -0.15) is 0 Å². The van der Waals surface area contributed by atoms with E-state index in [1.54, 1.807) is 0 Å². The van der Waals surface area contributed by atoms with E-state index in [9.17, 15) is 4.57 Å². The van der Waals surface area contributed by atoms with Crippen LogP contribution in [0.5, 0.6) is 0 Å². The van der Waals surface area contributed by atoms with Crippen molar-refractivity contribution in [2.45, 2.75) is 32.3 Å². The highest BCUT2D eigenvalue weighted by Gasteiger charge is 2.38. The van der Waals surface area contributed by atoms with Crippen molar-refractivity contribution in [3.8, 4) is 0 Å². The quantitative estimate of drug-likeness (QED) is 0.524. The molecule has 2 rings (SSSR count). The number of hydrogen-bond acceptors (Lipinski definition) is 2. The lowest BCUT2D eigenvalue weighted by atomic mass is 10.3. The first-order valence-corrected chi connectivity index (χ1v) is 7.04. The topological polar surface area (TPSA) is 83.6 Å². The molecule has 16 heavy (non-hydrogen) atoms. The molecule has 4 nitrogen and oxygen atoms in total. The number of anilines is 1. The summed E-state index contributed by atoms with van der Waals surface area (Å²) in [6.07, 6.45) is 1.43. The van der Waals surface area contributed by atoms with Crippen molar-refractivity contribution in [2.75, 3.05) is 5.73 Å². The largest absolute Gasteiger partial charge is 0.399 e. The van der Waals surface area contributed by atoms with Crippen molar-refractivity contribution in [1.29, 1.82) is 0 Å². The van der Waals surface area contributed by atoms with E-state index in [2.05, 4.69) is 0 Å². The van der Waals surface area contributed by atoms with E-state index in [1.807, 2.05) is 44.2 Å². The van der Waals surface area contributed by atoms with E-state index in [0.717, 1.165) is 5.69 Å². The Morgan fingerprint density at radius 3 is 1.75 bits per heavy atom. The van der Waals surface area contributed by atoms with E-state index < -0.39 is 7.60 Å². The minimum absolute atomic E-state index is 0.285. The van der Waals surface area contributed by atoms with Gasteiger partial charge in [-0.05, 0) is 25.0 Å². The second kappa shape index (κ2) is 7.44. The molecule has 0 amide bonds. The van der Waals surface area contributed by atoms with Crippen LogP contribution in [-0.4, -0.2) is 15.4 Å². The summed E-state index contributed by atoms with van der Waals surface area (Å²) in [4.78, 5) is 16.5. The monoisotopic (exact) mass is 245 g/mol. The lowest BCUT2D eigenvalue weighted by Gasteiger charge is -1.95. The lowest BCUT2D eigenvalue weighted by molar-refractivity contribution is 0.371. The molecule has 0 spiro atoms. The van der Waals surface area contributed by atoms with Crippen LogP contribution < -0.4 is 5.73 Å². The molecule has 1 aromatic carbocycles. The third kappa shape index (κ3) is 7.46.